The SMILES string of the molecule is CCOC(=O)/C(C)=C\c1cc(C)c(COC(=O)c2ccccc2)o1. The first-order valence-corrected chi connectivity index (χ1v) is 7.68. The van der Waals surface area contributed by atoms with Crippen molar-refractivity contribution in [2.45, 2.75) is 27.4 Å². The van der Waals surface area contributed by atoms with E-state index in [9.17, 15) is 9.59 Å². The Hall–Kier alpha value is -2.82. The molecule has 0 fully saturated rings. The molecule has 0 aliphatic rings. The van der Waals surface area contributed by atoms with Crippen molar-refractivity contribution in [2.24, 2.45) is 0 Å². The first-order chi connectivity index (χ1) is 11.5. The predicted octanol–water partition coefficient (Wildman–Crippen LogP) is 3.91. The summed E-state index contributed by atoms with van der Waals surface area (Å²) in [6.07, 6.45) is 1.60. The van der Waals surface area contributed by atoms with E-state index in [0.717, 1.165) is 5.56 Å². The summed E-state index contributed by atoms with van der Waals surface area (Å²) in [6.45, 7) is 5.62. The zero-order valence-corrected chi connectivity index (χ0v) is 14.0. The maximum Gasteiger partial charge on any atom is 0.338 e. The lowest BCUT2D eigenvalue weighted by molar-refractivity contribution is -0.138. The molecule has 0 saturated heterocycles. The van der Waals surface area contributed by atoms with Gasteiger partial charge in [0.25, 0.3) is 0 Å². The number of benzene rings is 1. The molecule has 0 spiro atoms. The molecular weight excluding hydrogens is 308 g/mol. The summed E-state index contributed by atoms with van der Waals surface area (Å²) in [5, 5.41) is 0. The van der Waals surface area contributed by atoms with Gasteiger partial charge in [0.15, 0.2) is 0 Å². The average molecular weight is 328 g/mol. The van der Waals surface area contributed by atoms with E-state index in [0.29, 0.717) is 29.3 Å². The van der Waals surface area contributed by atoms with Gasteiger partial charge in [-0.3, -0.25) is 0 Å². The van der Waals surface area contributed by atoms with E-state index in [2.05, 4.69) is 0 Å². The zero-order chi connectivity index (χ0) is 17.5. The van der Waals surface area contributed by atoms with Crippen LogP contribution in [0.4, 0.5) is 0 Å². The van der Waals surface area contributed by atoms with Crippen LogP contribution in [-0.4, -0.2) is 18.5 Å². The Morgan fingerprint density at radius 2 is 1.88 bits per heavy atom. The minimum Gasteiger partial charge on any atom is -0.463 e. The van der Waals surface area contributed by atoms with Gasteiger partial charge in [-0.2, -0.15) is 0 Å². The number of esters is 2. The van der Waals surface area contributed by atoms with Crippen molar-refractivity contribution in [2.75, 3.05) is 6.61 Å². The Kier molecular flexibility index (Phi) is 5.95. The van der Waals surface area contributed by atoms with Gasteiger partial charge >= 0.3 is 11.9 Å². The second-order valence-corrected chi connectivity index (χ2v) is 5.24. The van der Waals surface area contributed by atoms with Crippen LogP contribution in [0, 0.1) is 6.92 Å². The normalized spacial score (nSPS) is 11.2. The highest BCUT2D eigenvalue weighted by Crippen LogP contribution is 2.19. The summed E-state index contributed by atoms with van der Waals surface area (Å²) >= 11 is 0. The molecule has 0 atom stereocenters. The summed E-state index contributed by atoms with van der Waals surface area (Å²) in [6, 6.07) is 10.5. The monoisotopic (exact) mass is 328 g/mol. The van der Waals surface area contributed by atoms with Crippen molar-refractivity contribution >= 4 is 18.0 Å². The molecule has 0 N–H and O–H groups in total. The fourth-order valence-electron chi connectivity index (χ4n) is 2.07. The molecule has 0 radical (unpaired) electrons. The molecule has 0 saturated carbocycles. The molecule has 0 aliphatic heterocycles. The molecule has 0 aliphatic carbocycles. The molecular formula is C19H20O5. The number of furan rings is 1. The molecule has 1 aromatic heterocycles. The third-order valence-corrected chi connectivity index (χ3v) is 3.34. The largest absolute Gasteiger partial charge is 0.463 e. The maximum atomic E-state index is 11.9. The van der Waals surface area contributed by atoms with Crippen LogP contribution in [-0.2, 0) is 20.9 Å². The molecule has 2 aromatic rings. The second kappa shape index (κ2) is 8.15. The van der Waals surface area contributed by atoms with Crippen molar-refractivity contribution in [3.8, 4) is 0 Å². The minimum atomic E-state index is -0.411. The second-order valence-electron chi connectivity index (χ2n) is 5.24. The average Bonchev–Trinajstić information content (AvgIpc) is 2.93. The topological polar surface area (TPSA) is 65.7 Å². The van der Waals surface area contributed by atoms with E-state index in [-0.39, 0.29) is 12.6 Å². The Morgan fingerprint density at radius 3 is 2.54 bits per heavy atom. The molecule has 2 rings (SSSR count). The van der Waals surface area contributed by atoms with Crippen molar-refractivity contribution in [1.29, 1.82) is 0 Å². The van der Waals surface area contributed by atoms with Crippen molar-refractivity contribution in [3.05, 3.63) is 64.6 Å². The van der Waals surface area contributed by atoms with Crippen LogP contribution in [0.25, 0.3) is 6.08 Å². The van der Waals surface area contributed by atoms with Crippen molar-refractivity contribution in [3.63, 3.8) is 0 Å². The highest BCUT2D eigenvalue weighted by atomic mass is 16.5. The van der Waals surface area contributed by atoms with Gasteiger partial charge in [0.05, 0.1) is 12.2 Å². The highest BCUT2D eigenvalue weighted by Gasteiger charge is 2.12. The molecule has 126 valence electrons. The summed E-state index contributed by atoms with van der Waals surface area (Å²) in [4.78, 5) is 23.5. The zero-order valence-electron chi connectivity index (χ0n) is 14.0. The molecule has 5 nitrogen and oxygen atoms in total. The first kappa shape index (κ1) is 17.5. The van der Waals surface area contributed by atoms with E-state index < -0.39 is 5.97 Å². The number of carbonyl (C=O) groups excluding carboxylic acids is 2. The van der Waals surface area contributed by atoms with Crippen LogP contribution in [0.1, 0.15) is 41.3 Å². The summed E-state index contributed by atoms with van der Waals surface area (Å²) < 4.78 is 15.8. The quantitative estimate of drug-likeness (QED) is 0.594. The van der Waals surface area contributed by atoms with Gasteiger partial charge in [-0.1, -0.05) is 18.2 Å². The van der Waals surface area contributed by atoms with Gasteiger partial charge in [-0.15, -0.1) is 0 Å². The molecule has 1 aromatic carbocycles. The number of hydrogen-bond acceptors (Lipinski definition) is 5. The standard InChI is InChI=1S/C19H20O5/c1-4-22-18(20)14(3)11-16-10-13(2)17(24-16)12-23-19(21)15-8-6-5-7-9-15/h5-11H,4,12H2,1-3H3/b14-11-. The van der Waals surface area contributed by atoms with Gasteiger partial charge in [0, 0.05) is 5.57 Å². The van der Waals surface area contributed by atoms with E-state index in [1.54, 1.807) is 50.3 Å². The van der Waals surface area contributed by atoms with Gasteiger partial charge in [-0.25, -0.2) is 9.59 Å². The van der Waals surface area contributed by atoms with Gasteiger partial charge < -0.3 is 13.9 Å². The Bertz CT molecular complexity index is 740. The Balaban J connectivity index is 2.03. The smallest absolute Gasteiger partial charge is 0.338 e. The molecule has 24 heavy (non-hydrogen) atoms. The Morgan fingerprint density at radius 1 is 1.17 bits per heavy atom. The van der Waals surface area contributed by atoms with E-state index in [1.165, 1.54) is 0 Å². The fourth-order valence-corrected chi connectivity index (χ4v) is 2.07. The lowest BCUT2D eigenvalue weighted by atomic mass is 10.2. The van der Waals surface area contributed by atoms with Crippen LogP contribution >= 0.6 is 0 Å². The third kappa shape index (κ3) is 4.59. The number of hydrogen-bond donors (Lipinski definition) is 0. The summed E-state index contributed by atoms with van der Waals surface area (Å²) in [5.74, 6) is 0.265. The van der Waals surface area contributed by atoms with Crippen LogP contribution < -0.4 is 0 Å². The highest BCUT2D eigenvalue weighted by molar-refractivity contribution is 5.92. The predicted molar refractivity (Wildman–Crippen MR) is 89.3 cm³/mol. The van der Waals surface area contributed by atoms with Gasteiger partial charge in [-0.05, 0) is 50.6 Å². The van der Waals surface area contributed by atoms with Crippen LogP contribution in [0.15, 0.2) is 46.4 Å². The molecule has 5 heteroatoms. The summed E-state index contributed by atoms with van der Waals surface area (Å²) in [7, 11) is 0. The van der Waals surface area contributed by atoms with Crippen LogP contribution in [0.3, 0.4) is 0 Å². The molecule has 0 unspecified atom stereocenters. The molecule has 1 heterocycles. The number of aryl methyl sites for hydroxylation is 1. The number of ether oxygens (including phenoxy) is 2. The van der Waals surface area contributed by atoms with Crippen molar-refractivity contribution < 1.29 is 23.5 Å². The van der Waals surface area contributed by atoms with E-state index in [1.807, 2.05) is 13.0 Å². The first-order valence-electron chi connectivity index (χ1n) is 7.68. The number of rotatable bonds is 6. The Labute approximate surface area is 140 Å². The molecule has 0 bridgehead atoms. The fraction of sp³-hybridized carbons (Fsp3) is 0.263. The maximum absolute atomic E-state index is 11.9. The lowest BCUT2D eigenvalue weighted by Gasteiger charge is -2.03. The minimum absolute atomic E-state index is 0.0336. The lowest BCUT2D eigenvalue weighted by Crippen LogP contribution is -2.05. The summed E-state index contributed by atoms with van der Waals surface area (Å²) in [5.41, 5.74) is 1.78. The van der Waals surface area contributed by atoms with Crippen molar-refractivity contribution in [1.82, 2.24) is 0 Å². The third-order valence-electron chi connectivity index (χ3n) is 3.34. The molecule has 0 amide bonds. The van der Waals surface area contributed by atoms with Gasteiger partial charge in [0.2, 0.25) is 0 Å². The van der Waals surface area contributed by atoms with Crippen LogP contribution in [0.2, 0.25) is 0 Å². The van der Waals surface area contributed by atoms with Crippen LogP contribution in [0.5, 0.6) is 0 Å². The number of carbonyl (C=O) groups is 2. The van der Waals surface area contributed by atoms with E-state index >= 15 is 0 Å². The van der Waals surface area contributed by atoms with Gasteiger partial charge in [0.1, 0.15) is 18.1 Å². The van der Waals surface area contributed by atoms with E-state index in [4.69, 9.17) is 13.9 Å².